The Labute approximate surface area is 103 Å². The van der Waals surface area contributed by atoms with Crippen molar-refractivity contribution in [2.24, 2.45) is 10.9 Å². The van der Waals surface area contributed by atoms with Crippen LogP contribution in [0.5, 0.6) is 5.75 Å². The Morgan fingerprint density at radius 1 is 1.29 bits per heavy atom. The van der Waals surface area contributed by atoms with Gasteiger partial charge in [-0.15, -0.1) is 0 Å². The van der Waals surface area contributed by atoms with Gasteiger partial charge >= 0.3 is 0 Å². The summed E-state index contributed by atoms with van der Waals surface area (Å²) in [6.07, 6.45) is 0. The van der Waals surface area contributed by atoms with Gasteiger partial charge in [-0.25, -0.2) is 0 Å². The maximum atomic E-state index is 5.66. The van der Waals surface area contributed by atoms with Gasteiger partial charge in [0.15, 0.2) is 0 Å². The third-order valence-electron chi connectivity index (χ3n) is 2.75. The average Bonchev–Trinajstić information content (AvgIpc) is 2.73. The molecule has 0 fully saturated rings. The van der Waals surface area contributed by atoms with Crippen LogP contribution in [0.1, 0.15) is 19.4 Å². The summed E-state index contributed by atoms with van der Waals surface area (Å²) in [7, 11) is 2.08. The number of hydrogen-bond acceptors (Lipinski definition) is 3. The van der Waals surface area contributed by atoms with Gasteiger partial charge in [0.25, 0.3) is 0 Å². The molecule has 0 amide bonds. The Morgan fingerprint density at radius 2 is 2.00 bits per heavy atom. The van der Waals surface area contributed by atoms with E-state index >= 15 is 0 Å². The maximum absolute atomic E-state index is 5.66. The van der Waals surface area contributed by atoms with Gasteiger partial charge in [0.2, 0.25) is 0 Å². The largest absolute Gasteiger partial charge is 0.493 e. The third kappa shape index (κ3) is 2.99. The van der Waals surface area contributed by atoms with Crippen LogP contribution in [0.4, 0.5) is 0 Å². The van der Waals surface area contributed by atoms with Crippen molar-refractivity contribution in [2.45, 2.75) is 13.8 Å². The van der Waals surface area contributed by atoms with E-state index in [-0.39, 0.29) is 0 Å². The van der Waals surface area contributed by atoms with E-state index in [9.17, 15) is 0 Å². The Kier molecular flexibility index (Phi) is 3.67. The van der Waals surface area contributed by atoms with Crippen molar-refractivity contribution in [1.82, 2.24) is 4.90 Å². The van der Waals surface area contributed by atoms with E-state index in [0.717, 1.165) is 31.3 Å². The van der Waals surface area contributed by atoms with E-state index in [4.69, 9.17) is 4.74 Å². The van der Waals surface area contributed by atoms with Crippen LogP contribution in [0.3, 0.4) is 0 Å². The van der Waals surface area contributed by atoms with E-state index in [1.165, 1.54) is 5.56 Å². The number of hydrogen-bond donors (Lipinski definition) is 0. The molecule has 0 saturated carbocycles. The zero-order chi connectivity index (χ0) is 12.3. The van der Waals surface area contributed by atoms with Crippen molar-refractivity contribution in [3.05, 3.63) is 29.8 Å². The molecule has 1 heterocycles. The topological polar surface area (TPSA) is 24.8 Å². The van der Waals surface area contributed by atoms with Crippen LogP contribution in [0.2, 0.25) is 0 Å². The standard InChI is InChI=1S/C14H20N2O/c1-11(2)10-17-13-6-4-12(5-7-13)14-15-8-9-16(14)3/h4-7,11H,8-10H2,1-3H3. The molecule has 0 spiro atoms. The summed E-state index contributed by atoms with van der Waals surface area (Å²) in [5.41, 5.74) is 1.17. The highest BCUT2D eigenvalue weighted by molar-refractivity contribution is 5.99. The van der Waals surface area contributed by atoms with E-state index in [0.29, 0.717) is 5.92 Å². The number of amidine groups is 1. The highest BCUT2D eigenvalue weighted by atomic mass is 16.5. The fraction of sp³-hybridized carbons (Fsp3) is 0.500. The molecule has 0 N–H and O–H groups in total. The first-order valence-electron chi connectivity index (χ1n) is 6.15. The van der Waals surface area contributed by atoms with Crippen LogP contribution in [0.25, 0.3) is 0 Å². The predicted molar refractivity (Wildman–Crippen MR) is 70.8 cm³/mol. The molecule has 0 aliphatic carbocycles. The summed E-state index contributed by atoms with van der Waals surface area (Å²) in [6, 6.07) is 8.20. The normalized spacial score (nSPS) is 15.3. The SMILES string of the molecule is CC(C)COc1ccc(C2=NCCN2C)cc1. The van der Waals surface area contributed by atoms with E-state index in [1.807, 2.05) is 12.1 Å². The lowest BCUT2D eigenvalue weighted by molar-refractivity contribution is 0.271. The molecule has 92 valence electrons. The molecule has 2 rings (SSSR count). The van der Waals surface area contributed by atoms with Gasteiger partial charge in [0.1, 0.15) is 11.6 Å². The van der Waals surface area contributed by atoms with Crippen molar-refractivity contribution in [3.63, 3.8) is 0 Å². The number of aliphatic imine (C=N–C) groups is 1. The highest BCUT2D eigenvalue weighted by Crippen LogP contribution is 2.16. The second kappa shape index (κ2) is 5.21. The number of nitrogens with zero attached hydrogens (tertiary/aromatic N) is 2. The number of ether oxygens (including phenoxy) is 1. The first kappa shape index (κ1) is 12.0. The van der Waals surface area contributed by atoms with Crippen LogP contribution in [0.15, 0.2) is 29.3 Å². The smallest absolute Gasteiger partial charge is 0.130 e. The van der Waals surface area contributed by atoms with Crippen molar-refractivity contribution in [1.29, 1.82) is 0 Å². The van der Waals surface area contributed by atoms with Gasteiger partial charge in [-0.3, -0.25) is 4.99 Å². The lowest BCUT2D eigenvalue weighted by atomic mass is 10.2. The van der Waals surface area contributed by atoms with Crippen molar-refractivity contribution in [2.75, 3.05) is 26.7 Å². The Bertz CT molecular complexity index is 395. The van der Waals surface area contributed by atoms with Crippen molar-refractivity contribution >= 4 is 5.84 Å². The molecule has 3 heteroatoms. The second-order valence-electron chi connectivity index (χ2n) is 4.86. The molecule has 1 aliphatic rings. The molecule has 0 aromatic heterocycles. The van der Waals surface area contributed by atoms with Gasteiger partial charge in [-0.2, -0.15) is 0 Å². The molecule has 0 radical (unpaired) electrons. The average molecular weight is 232 g/mol. The molecule has 0 bridgehead atoms. The molecule has 0 atom stereocenters. The van der Waals surface area contributed by atoms with Crippen LogP contribution in [0, 0.1) is 5.92 Å². The molecule has 1 aromatic carbocycles. The van der Waals surface area contributed by atoms with E-state index in [2.05, 4.69) is 42.9 Å². The van der Waals surface area contributed by atoms with E-state index in [1.54, 1.807) is 0 Å². The number of benzene rings is 1. The monoisotopic (exact) mass is 232 g/mol. The molecule has 1 aromatic rings. The molecule has 0 unspecified atom stereocenters. The van der Waals surface area contributed by atoms with Crippen LogP contribution >= 0.6 is 0 Å². The molecule has 0 saturated heterocycles. The zero-order valence-electron chi connectivity index (χ0n) is 10.8. The summed E-state index contributed by atoms with van der Waals surface area (Å²) < 4.78 is 5.66. The van der Waals surface area contributed by atoms with Crippen molar-refractivity contribution in [3.8, 4) is 5.75 Å². The predicted octanol–water partition coefficient (Wildman–Crippen LogP) is 2.41. The second-order valence-corrected chi connectivity index (χ2v) is 4.86. The van der Waals surface area contributed by atoms with Crippen LogP contribution < -0.4 is 4.74 Å². The third-order valence-corrected chi connectivity index (χ3v) is 2.75. The summed E-state index contributed by atoms with van der Waals surface area (Å²) in [6.45, 7) is 6.98. The van der Waals surface area contributed by atoms with Crippen LogP contribution in [-0.4, -0.2) is 37.5 Å². The molecule has 1 aliphatic heterocycles. The lowest BCUT2D eigenvalue weighted by Crippen LogP contribution is -2.23. The first-order chi connectivity index (χ1) is 8.16. The zero-order valence-corrected chi connectivity index (χ0v) is 10.8. The number of likely N-dealkylation sites (N-methyl/N-ethyl adjacent to an activating group) is 1. The maximum Gasteiger partial charge on any atom is 0.130 e. The lowest BCUT2D eigenvalue weighted by Gasteiger charge is -2.14. The minimum atomic E-state index is 0.556. The minimum absolute atomic E-state index is 0.556. The highest BCUT2D eigenvalue weighted by Gasteiger charge is 2.14. The minimum Gasteiger partial charge on any atom is -0.493 e. The summed E-state index contributed by atoms with van der Waals surface area (Å²) in [5, 5.41) is 0. The molecule has 17 heavy (non-hydrogen) atoms. The van der Waals surface area contributed by atoms with Gasteiger partial charge in [-0.05, 0) is 30.2 Å². The fourth-order valence-electron chi connectivity index (χ4n) is 1.81. The van der Waals surface area contributed by atoms with E-state index < -0.39 is 0 Å². The summed E-state index contributed by atoms with van der Waals surface area (Å²) in [5.74, 6) is 2.57. The number of rotatable bonds is 4. The Morgan fingerprint density at radius 3 is 2.53 bits per heavy atom. The molecular weight excluding hydrogens is 212 g/mol. The van der Waals surface area contributed by atoms with Crippen molar-refractivity contribution < 1.29 is 4.74 Å². The molecular formula is C14H20N2O. The Balaban J connectivity index is 2.03. The van der Waals surface area contributed by atoms with Gasteiger partial charge < -0.3 is 9.64 Å². The summed E-state index contributed by atoms with van der Waals surface area (Å²) in [4.78, 5) is 6.68. The Hall–Kier alpha value is -1.51. The fourth-order valence-corrected chi connectivity index (χ4v) is 1.81. The van der Waals surface area contributed by atoms with Gasteiger partial charge in [-0.1, -0.05) is 13.8 Å². The molecule has 3 nitrogen and oxygen atoms in total. The summed E-state index contributed by atoms with van der Waals surface area (Å²) >= 11 is 0. The quantitative estimate of drug-likeness (QED) is 0.796. The first-order valence-corrected chi connectivity index (χ1v) is 6.15. The van der Waals surface area contributed by atoms with Gasteiger partial charge in [0.05, 0.1) is 13.2 Å². The van der Waals surface area contributed by atoms with Crippen LogP contribution in [-0.2, 0) is 0 Å². The van der Waals surface area contributed by atoms with Gasteiger partial charge in [0, 0.05) is 19.2 Å².